The van der Waals surface area contributed by atoms with Gasteiger partial charge in [-0.05, 0) is 18.3 Å². The third-order valence-electron chi connectivity index (χ3n) is 2.12. The van der Waals surface area contributed by atoms with E-state index in [2.05, 4.69) is 38.5 Å². The highest BCUT2D eigenvalue weighted by atomic mass is 15.3. The first-order valence-corrected chi connectivity index (χ1v) is 5.12. The molecule has 1 atom stereocenters. The van der Waals surface area contributed by atoms with Gasteiger partial charge in [0.25, 0.3) is 0 Å². The second kappa shape index (κ2) is 7.56. The first-order chi connectivity index (χ1) is 5.66. The van der Waals surface area contributed by atoms with Crippen LogP contribution in [0.1, 0.15) is 40.5 Å². The molecule has 0 aliphatic rings. The van der Waals surface area contributed by atoms with Gasteiger partial charge in [0.15, 0.2) is 0 Å². The smallest absolute Gasteiger partial charge is 0.0125 e. The summed E-state index contributed by atoms with van der Waals surface area (Å²) in [6.07, 6.45) is 2.49. The Morgan fingerprint density at radius 1 is 1.08 bits per heavy atom. The lowest BCUT2D eigenvalue weighted by Gasteiger charge is -2.11. The van der Waals surface area contributed by atoms with Crippen LogP contribution in [0.4, 0.5) is 0 Å². The van der Waals surface area contributed by atoms with Crippen LogP contribution in [0.2, 0.25) is 0 Å². The number of hydrogen-bond acceptors (Lipinski definition) is 2. The van der Waals surface area contributed by atoms with Gasteiger partial charge >= 0.3 is 0 Å². The first kappa shape index (κ1) is 11.9. The van der Waals surface area contributed by atoms with E-state index in [1.165, 1.54) is 12.8 Å². The Bertz CT molecular complexity index is 91.8. The molecule has 0 aliphatic heterocycles. The molecule has 2 nitrogen and oxygen atoms in total. The fourth-order valence-electron chi connectivity index (χ4n) is 0.840. The van der Waals surface area contributed by atoms with E-state index in [1.807, 2.05) is 0 Å². The predicted octanol–water partition coefficient (Wildman–Crippen LogP) is 2.17. The zero-order valence-electron chi connectivity index (χ0n) is 8.98. The van der Waals surface area contributed by atoms with Crippen LogP contribution in [-0.4, -0.2) is 13.1 Å². The zero-order valence-corrected chi connectivity index (χ0v) is 8.98. The van der Waals surface area contributed by atoms with Gasteiger partial charge in [-0.3, -0.25) is 10.9 Å². The highest BCUT2D eigenvalue weighted by Gasteiger charge is 1.96. The number of hydrazine groups is 1. The molecule has 0 saturated heterocycles. The summed E-state index contributed by atoms with van der Waals surface area (Å²) in [6.45, 7) is 11.1. The second-order valence-electron chi connectivity index (χ2n) is 4.00. The molecule has 0 spiro atoms. The molecule has 0 aromatic heterocycles. The van der Waals surface area contributed by atoms with Gasteiger partial charge in [-0.25, -0.2) is 0 Å². The van der Waals surface area contributed by atoms with Crippen LogP contribution < -0.4 is 10.9 Å². The first-order valence-electron chi connectivity index (χ1n) is 5.12. The lowest BCUT2D eigenvalue weighted by atomic mass is 10.1. The number of rotatable bonds is 7. The Kier molecular flexibility index (Phi) is 7.51. The largest absolute Gasteiger partial charge is 0.258 e. The summed E-state index contributed by atoms with van der Waals surface area (Å²) < 4.78 is 0. The maximum absolute atomic E-state index is 3.24. The minimum atomic E-state index is 0.775. The summed E-state index contributed by atoms with van der Waals surface area (Å²) in [4.78, 5) is 0. The number of hydrogen-bond donors (Lipinski definition) is 2. The van der Waals surface area contributed by atoms with Crippen molar-refractivity contribution in [2.45, 2.75) is 40.5 Å². The van der Waals surface area contributed by atoms with Gasteiger partial charge in [0, 0.05) is 13.1 Å². The third kappa shape index (κ3) is 8.02. The molecule has 1 unspecified atom stereocenters. The summed E-state index contributed by atoms with van der Waals surface area (Å²) >= 11 is 0. The Hall–Kier alpha value is -0.0800. The molecule has 0 fully saturated rings. The van der Waals surface area contributed by atoms with E-state index in [-0.39, 0.29) is 0 Å². The fourth-order valence-corrected chi connectivity index (χ4v) is 0.840. The normalized spacial score (nSPS) is 13.8. The third-order valence-corrected chi connectivity index (χ3v) is 2.12. The highest BCUT2D eigenvalue weighted by molar-refractivity contribution is 4.52. The quantitative estimate of drug-likeness (QED) is 0.454. The van der Waals surface area contributed by atoms with Crippen molar-refractivity contribution in [2.75, 3.05) is 13.1 Å². The van der Waals surface area contributed by atoms with Gasteiger partial charge in [-0.1, -0.05) is 34.1 Å². The van der Waals surface area contributed by atoms with Gasteiger partial charge in [0.2, 0.25) is 0 Å². The van der Waals surface area contributed by atoms with E-state index >= 15 is 0 Å². The van der Waals surface area contributed by atoms with E-state index in [1.54, 1.807) is 0 Å². The summed E-state index contributed by atoms with van der Waals surface area (Å²) in [5, 5.41) is 0. The van der Waals surface area contributed by atoms with E-state index in [4.69, 9.17) is 0 Å². The zero-order chi connectivity index (χ0) is 9.40. The highest BCUT2D eigenvalue weighted by Crippen LogP contribution is 1.97. The van der Waals surface area contributed by atoms with Crippen molar-refractivity contribution in [3.05, 3.63) is 0 Å². The molecule has 0 aromatic carbocycles. The molecule has 0 aromatic rings. The molecule has 0 heterocycles. The van der Waals surface area contributed by atoms with Crippen LogP contribution >= 0.6 is 0 Å². The van der Waals surface area contributed by atoms with Crippen molar-refractivity contribution in [3.8, 4) is 0 Å². The second-order valence-corrected chi connectivity index (χ2v) is 4.00. The van der Waals surface area contributed by atoms with Crippen LogP contribution in [0.5, 0.6) is 0 Å². The maximum atomic E-state index is 3.24. The van der Waals surface area contributed by atoms with Gasteiger partial charge in [0.1, 0.15) is 0 Å². The molecule has 0 bridgehead atoms. The van der Waals surface area contributed by atoms with E-state index in [0.29, 0.717) is 0 Å². The molecule has 0 aliphatic carbocycles. The molecule has 0 saturated carbocycles. The Labute approximate surface area is 77.1 Å². The summed E-state index contributed by atoms with van der Waals surface area (Å²) in [6, 6.07) is 0. The maximum Gasteiger partial charge on any atom is 0.0125 e. The van der Waals surface area contributed by atoms with Crippen LogP contribution in [-0.2, 0) is 0 Å². The minimum absolute atomic E-state index is 0.775. The van der Waals surface area contributed by atoms with Crippen molar-refractivity contribution >= 4 is 0 Å². The van der Waals surface area contributed by atoms with E-state index in [0.717, 1.165) is 24.9 Å². The molecule has 0 radical (unpaired) electrons. The molecular weight excluding hydrogens is 148 g/mol. The average Bonchev–Trinajstić information content (AvgIpc) is 2.03. The van der Waals surface area contributed by atoms with Gasteiger partial charge in [-0.15, -0.1) is 0 Å². The molecule has 74 valence electrons. The van der Waals surface area contributed by atoms with Crippen molar-refractivity contribution in [1.29, 1.82) is 0 Å². The SMILES string of the molecule is CCC(C)CNNCCC(C)C. The molecule has 2 heteroatoms. The average molecular weight is 172 g/mol. The summed E-state index contributed by atoms with van der Waals surface area (Å²) in [5.41, 5.74) is 6.47. The van der Waals surface area contributed by atoms with Crippen molar-refractivity contribution in [1.82, 2.24) is 10.9 Å². The molecule has 0 amide bonds. The summed E-state index contributed by atoms with van der Waals surface area (Å²) in [5.74, 6) is 1.57. The molecule has 0 rings (SSSR count). The van der Waals surface area contributed by atoms with Gasteiger partial charge in [-0.2, -0.15) is 0 Å². The Balaban J connectivity index is 3.00. The van der Waals surface area contributed by atoms with Crippen LogP contribution in [0.25, 0.3) is 0 Å². The summed E-state index contributed by atoms with van der Waals surface area (Å²) in [7, 11) is 0. The fraction of sp³-hybridized carbons (Fsp3) is 1.00. The van der Waals surface area contributed by atoms with Crippen LogP contribution in [0.3, 0.4) is 0 Å². The van der Waals surface area contributed by atoms with E-state index < -0.39 is 0 Å². The molecule has 2 N–H and O–H groups in total. The minimum Gasteiger partial charge on any atom is -0.258 e. The lowest BCUT2D eigenvalue weighted by Crippen LogP contribution is -2.36. The van der Waals surface area contributed by atoms with Crippen molar-refractivity contribution < 1.29 is 0 Å². The predicted molar refractivity (Wildman–Crippen MR) is 54.9 cm³/mol. The van der Waals surface area contributed by atoms with Gasteiger partial charge in [0.05, 0.1) is 0 Å². The van der Waals surface area contributed by atoms with Gasteiger partial charge < -0.3 is 0 Å². The van der Waals surface area contributed by atoms with Crippen LogP contribution in [0.15, 0.2) is 0 Å². The van der Waals surface area contributed by atoms with Crippen molar-refractivity contribution in [3.63, 3.8) is 0 Å². The molecule has 12 heavy (non-hydrogen) atoms. The lowest BCUT2D eigenvalue weighted by molar-refractivity contribution is 0.421. The monoisotopic (exact) mass is 172 g/mol. The Morgan fingerprint density at radius 2 is 1.75 bits per heavy atom. The molecular formula is C10H24N2. The number of nitrogens with one attached hydrogen (secondary N) is 2. The Morgan fingerprint density at radius 3 is 2.25 bits per heavy atom. The van der Waals surface area contributed by atoms with Crippen molar-refractivity contribution in [2.24, 2.45) is 11.8 Å². The topological polar surface area (TPSA) is 24.1 Å². The van der Waals surface area contributed by atoms with E-state index in [9.17, 15) is 0 Å². The standard InChI is InChI=1S/C10H24N2/c1-5-10(4)8-12-11-7-6-9(2)3/h9-12H,5-8H2,1-4H3. The van der Waals surface area contributed by atoms with Crippen LogP contribution in [0, 0.1) is 11.8 Å².